The van der Waals surface area contributed by atoms with Crippen molar-refractivity contribution in [3.8, 4) is 5.69 Å². The van der Waals surface area contributed by atoms with Crippen LogP contribution in [0.3, 0.4) is 0 Å². The number of aromatic nitrogens is 4. The third kappa shape index (κ3) is 4.80. The smallest absolute Gasteiger partial charge is 0.221 e. The van der Waals surface area contributed by atoms with Crippen molar-refractivity contribution in [1.82, 2.24) is 25.5 Å². The number of para-hydroxylation sites is 1. The van der Waals surface area contributed by atoms with Gasteiger partial charge < -0.3 is 5.32 Å². The predicted molar refractivity (Wildman–Crippen MR) is 97.8 cm³/mol. The lowest BCUT2D eigenvalue weighted by molar-refractivity contribution is -0.120. The van der Waals surface area contributed by atoms with Gasteiger partial charge in [0.25, 0.3) is 0 Å². The first kappa shape index (κ1) is 17.4. The second-order valence-corrected chi connectivity index (χ2v) is 6.64. The van der Waals surface area contributed by atoms with E-state index in [0.29, 0.717) is 28.9 Å². The van der Waals surface area contributed by atoms with Crippen LogP contribution in [-0.4, -0.2) is 31.9 Å². The summed E-state index contributed by atoms with van der Waals surface area (Å²) in [6.07, 6.45) is 0.372. The molecule has 0 aliphatic rings. The largest absolute Gasteiger partial charge is 0.352 e. The Balaban J connectivity index is 1.48. The molecule has 0 aliphatic carbocycles. The Labute approximate surface area is 154 Å². The minimum Gasteiger partial charge on any atom is -0.352 e. The molecule has 128 valence electrons. The molecule has 3 rings (SSSR count). The normalized spacial score (nSPS) is 10.6. The Bertz CT molecular complexity index is 840. The zero-order chi connectivity index (χ0) is 17.5. The third-order valence-electron chi connectivity index (χ3n) is 3.44. The maximum atomic E-state index is 12.0. The Morgan fingerprint density at radius 1 is 1.12 bits per heavy atom. The lowest BCUT2D eigenvalue weighted by atomic mass is 10.2. The van der Waals surface area contributed by atoms with Gasteiger partial charge in [0.1, 0.15) is 0 Å². The van der Waals surface area contributed by atoms with Crippen LogP contribution in [0.2, 0.25) is 5.02 Å². The average Bonchev–Trinajstić information content (AvgIpc) is 3.10. The SMILES string of the molecule is O=C(CCSc1nnnn1-c1ccccc1)NCc1ccccc1Cl. The average molecular weight is 374 g/mol. The highest BCUT2D eigenvalue weighted by Crippen LogP contribution is 2.19. The molecule has 0 aliphatic heterocycles. The zero-order valence-electron chi connectivity index (χ0n) is 13.3. The maximum Gasteiger partial charge on any atom is 0.221 e. The van der Waals surface area contributed by atoms with Gasteiger partial charge in [0, 0.05) is 23.7 Å². The molecule has 6 nitrogen and oxygen atoms in total. The summed E-state index contributed by atoms with van der Waals surface area (Å²) in [6.45, 7) is 0.422. The standard InChI is InChI=1S/C17H16ClN5OS/c18-15-9-5-4-6-13(15)12-19-16(24)10-11-25-17-20-21-22-23(17)14-7-2-1-3-8-14/h1-9H,10-12H2,(H,19,24). The monoisotopic (exact) mass is 373 g/mol. The number of hydrogen-bond donors (Lipinski definition) is 1. The number of amides is 1. The lowest BCUT2D eigenvalue weighted by Gasteiger charge is -2.07. The summed E-state index contributed by atoms with van der Waals surface area (Å²) in [6, 6.07) is 17.1. The number of carbonyl (C=O) groups is 1. The van der Waals surface area contributed by atoms with Crippen molar-refractivity contribution in [2.75, 3.05) is 5.75 Å². The van der Waals surface area contributed by atoms with Gasteiger partial charge in [0.05, 0.1) is 5.69 Å². The number of thioether (sulfide) groups is 1. The minimum atomic E-state index is -0.0360. The summed E-state index contributed by atoms with van der Waals surface area (Å²) >= 11 is 7.52. The van der Waals surface area contributed by atoms with Gasteiger partial charge in [-0.2, -0.15) is 4.68 Å². The number of nitrogens with zero attached hydrogens (tertiary/aromatic N) is 4. The molecule has 25 heavy (non-hydrogen) atoms. The Hall–Kier alpha value is -2.38. The zero-order valence-corrected chi connectivity index (χ0v) is 14.9. The number of carbonyl (C=O) groups excluding carboxylic acids is 1. The molecule has 0 fully saturated rings. The van der Waals surface area contributed by atoms with Crippen molar-refractivity contribution >= 4 is 29.3 Å². The fraction of sp³-hybridized carbons (Fsp3) is 0.176. The van der Waals surface area contributed by atoms with Gasteiger partial charge >= 0.3 is 0 Å². The quantitative estimate of drug-likeness (QED) is 0.644. The summed E-state index contributed by atoms with van der Waals surface area (Å²) in [5.74, 6) is 0.549. The van der Waals surface area contributed by atoms with Gasteiger partial charge in [-0.05, 0) is 34.2 Å². The summed E-state index contributed by atoms with van der Waals surface area (Å²) in [7, 11) is 0. The van der Waals surface area contributed by atoms with Crippen LogP contribution in [0.1, 0.15) is 12.0 Å². The number of nitrogens with one attached hydrogen (secondary N) is 1. The molecule has 0 spiro atoms. The first-order valence-corrected chi connectivity index (χ1v) is 9.07. The van der Waals surface area contributed by atoms with Crippen LogP contribution < -0.4 is 5.32 Å². The van der Waals surface area contributed by atoms with E-state index >= 15 is 0 Å². The van der Waals surface area contributed by atoms with E-state index in [9.17, 15) is 4.79 Å². The molecular weight excluding hydrogens is 358 g/mol. The number of halogens is 1. The van der Waals surface area contributed by atoms with Gasteiger partial charge in [-0.1, -0.05) is 59.8 Å². The van der Waals surface area contributed by atoms with E-state index in [4.69, 9.17) is 11.6 Å². The van der Waals surface area contributed by atoms with Crippen molar-refractivity contribution in [3.05, 3.63) is 65.2 Å². The van der Waals surface area contributed by atoms with Gasteiger partial charge in [0.2, 0.25) is 11.1 Å². The summed E-state index contributed by atoms with van der Waals surface area (Å²) in [4.78, 5) is 12.0. The van der Waals surface area contributed by atoms with Crippen molar-refractivity contribution in [3.63, 3.8) is 0 Å². The number of tetrazole rings is 1. The third-order valence-corrected chi connectivity index (χ3v) is 4.73. The Morgan fingerprint density at radius 2 is 1.88 bits per heavy atom. The maximum absolute atomic E-state index is 12.0. The summed E-state index contributed by atoms with van der Waals surface area (Å²) < 4.78 is 1.66. The molecule has 0 atom stereocenters. The lowest BCUT2D eigenvalue weighted by Crippen LogP contribution is -2.23. The number of benzene rings is 2. The Morgan fingerprint density at radius 3 is 2.68 bits per heavy atom. The molecule has 1 aromatic heterocycles. The highest BCUT2D eigenvalue weighted by atomic mass is 35.5. The second kappa shape index (κ2) is 8.64. The van der Waals surface area contributed by atoms with Gasteiger partial charge in [-0.3, -0.25) is 4.79 Å². The molecule has 2 aromatic carbocycles. The summed E-state index contributed by atoms with van der Waals surface area (Å²) in [5, 5.41) is 15.9. The molecule has 1 amide bonds. The molecule has 0 saturated heterocycles. The highest BCUT2D eigenvalue weighted by molar-refractivity contribution is 7.99. The van der Waals surface area contributed by atoms with E-state index < -0.39 is 0 Å². The van der Waals surface area contributed by atoms with Crippen LogP contribution in [-0.2, 0) is 11.3 Å². The first-order chi connectivity index (χ1) is 12.2. The molecule has 0 saturated carbocycles. The molecule has 1 N–H and O–H groups in total. The van der Waals surface area contributed by atoms with Crippen LogP contribution >= 0.6 is 23.4 Å². The molecule has 0 unspecified atom stereocenters. The van der Waals surface area contributed by atoms with Crippen LogP contribution in [0, 0.1) is 0 Å². The summed E-state index contributed by atoms with van der Waals surface area (Å²) in [5.41, 5.74) is 1.79. The van der Waals surface area contributed by atoms with Crippen molar-refractivity contribution in [1.29, 1.82) is 0 Å². The van der Waals surface area contributed by atoms with E-state index in [2.05, 4.69) is 20.8 Å². The molecule has 0 radical (unpaired) electrons. The molecule has 1 heterocycles. The molecule has 0 bridgehead atoms. The van der Waals surface area contributed by atoms with E-state index in [1.807, 2.05) is 54.6 Å². The predicted octanol–water partition coefficient (Wildman–Crippen LogP) is 3.11. The first-order valence-electron chi connectivity index (χ1n) is 7.71. The minimum absolute atomic E-state index is 0.0360. The van der Waals surface area contributed by atoms with Crippen LogP contribution in [0.5, 0.6) is 0 Å². The molecular formula is C17H16ClN5OS. The fourth-order valence-electron chi connectivity index (χ4n) is 2.16. The number of rotatable bonds is 7. The topological polar surface area (TPSA) is 72.7 Å². The van der Waals surface area contributed by atoms with Crippen LogP contribution in [0.4, 0.5) is 0 Å². The Kier molecular flexibility index (Phi) is 6.03. The van der Waals surface area contributed by atoms with Crippen LogP contribution in [0.25, 0.3) is 5.69 Å². The van der Waals surface area contributed by atoms with Gasteiger partial charge in [-0.25, -0.2) is 0 Å². The van der Waals surface area contributed by atoms with E-state index in [1.54, 1.807) is 4.68 Å². The van der Waals surface area contributed by atoms with E-state index in [1.165, 1.54) is 11.8 Å². The van der Waals surface area contributed by atoms with Gasteiger partial charge in [0.15, 0.2) is 0 Å². The van der Waals surface area contributed by atoms with Crippen molar-refractivity contribution in [2.24, 2.45) is 0 Å². The van der Waals surface area contributed by atoms with Gasteiger partial charge in [-0.15, -0.1) is 5.10 Å². The highest BCUT2D eigenvalue weighted by Gasteiger charge is 2.10. The fourth-order valence-corrected chi connectivity index (χ4v) is 3.19. The number of hydrogen-bond acceptors (Lipinski definition) is 5. The van der Waals surface area contributed by atoms with Crippen molar-refractivity contribution < 1.29 is 4.79 Å². The van der Waals surface area contributed by atoms with E-state index in [0.717, 1.165) is 11.3 Å². The van der Waals surface area contributed by atoms with E-state index in [-0.39, 0.29) is 5.91 Å². The molecule has 3 aromatic rings. The second-order valence-electron chi connectivity index (χ2n) is 5.18. The van der Waals surface area contributed by atoms with Crippen LogP contribution in [0.15, 0.2) is 59.8 Å². The van der Waals surface area contributed by atoms with Crippen molar-refractivity contribution in [2.45, 2.75) is 18.1 Å². The molecule has 8 heteroatoms.